The highest BCUT2D eigenvalue weighted by atomic mass is 79.9. The van der Waals surface area contributed by atoms with Gasteiger partial charge < -0.3 is 0 Å². The van der Waals surface area contributed by atoms with Gasteiger partial charge >= 0.3 is 0 Å². The summed E-state index contributed by atoms with van der Waals surface area (Å²) in [5, 5.41) is 1.09. The van der Waals surface area contributed by atoms with E-state index in [1.807, 2.05) is 0 Å². The molecule has 0 aromatic rings. The van der Waals surface area contributed by atoms with E-state index in [-0.39, 0.29) is 0 Å². The Hall–Kier alpha value is 0.960. The Balaban J connectivity index is 2.97. The van der Waals surface area contributed by atoms with Gasteiger partial charge in [0.15, 0.2) is 0 Å². The summed E-state index contributed by atoms with van der Waals surface area (Å²) in [5.74, 6) is 0. The number of rotatable bonds is 18. The van der Waals surface area contributed by atoms with Crippen molar-refractivity contribution >= 4 is 31.9 Å². The number of alkyl halides is 2. The van der Waals surface area contributed by atoms with Gasteiger partial charge in [-0.25, -0.2) is 0 Å². The van der Waals surface area contributed by atoms with Gasteiger partial charge in [0.1, 0.15) is 0 Å². The SMILES string of the molecule is CCCCCCCCCCCCCCCCCCC(Br)CBr. The van der Waals surface area contributed by atoms with Crippen molar-refractivity contribution in [3.63, 3.8) is 0 Å². The molecular weight excluding hydrogens is 400 g/mol. The summed E-state index contributed by atoms with van der Waals surface area (Å²) in [4.78, 5) is 0.680. The Morgan fingerprint density at radius 2 is 0.864 bits per heavy atom. The number of hydrogen-bond donors (Lipinski definition) is 0. The number of hydrogen-bond acceptors (Lipinski definition) is 0. The summed E-state index contributed by atoms with van der Waals surface area (Å²) >= 11 is 7.19. The monoisotopic (exact) mass is 438 g/mol. The lowest BCUT2D eigenvalue weighted by atomic mass is 10.0. The molecule has 0 aromatic heterocycles. The van der Waals surface area contributed by atoms with Gasteiger partial charge in [0.25, 0.3) is 0 Å². The minimum absolute atomic E-state index is 0.680. The standard InChI is InChI=1S/C20H40Br2/c1-2-3-4-5-6-7-8-9-10-11-12-13-14-15-16-17-18-20(22)19-21/h20H,2-19H2,1H3. The van der Waals surface area contributed by atoms with E-state index in [1.165, 1.54) is 109 Å². The summed E-state index contributed by atoms with van der Waals surface area (Å²) < 4.78 is 0. The number of halogens is 2. The van der Waals surface area contributed by atoms with Crippen molar-refractivity contribution in [3.8, 4) is 0 Å². The average molecular weight is 440 g/mol. The summed E-state index contributed by atoms with van der Waals surface area (Å²) in [7, 11) is 0. The van der Waals surface area contributed by atoms with Gasteiger partial charge in [0.05, 0.1) is 0 Å². The molecule has 0 saturated heterocycles. The van der Waals surface area contributed by atoms with Gasteiger partial charge in [0, 0.05) is 10.2 Å². The summed E-state index contributed by atoms with van der Waals surface area (Å²) in [6.45, 7) is 2.29. The van der Waals surface area contributed by atoms with Gasteiger partial charge in [-0.15, -0.1) is 0 Å². The molecule has 1 atom stereocenters. The van der Waals surface area contributed by atoms with Crippen LogP contribution in [0.5, 0.6) is 0 Å². The second kappa shape index (κ2) is 20.0. The molecule has 0 spiro atoms. The summed E-state index contributed by atoms with van der Waals surface area (Å²) in [5.41, 5.74) is 0. The van der Waals surface area contributed by atoms with Crippen molar-refractivity contribution in [3.05, 3.63) is 0 Å². The fourth-order valence-corrected chi connectivity index (χ4v) is 3.64. The molecule has 22 heavy (non-hydrogen) atoms. The first kappa shape index (κ1) is 23.0. The molecule has 134 valence electrons. The molecule has 0 bridgehead atoms. The van der Waals surface area contributed by atoms with E-state index in [1.54, 1.807) is 0 Å². The molecule has 0 aliphatic rings. The van der Waals surface area contributed by atoms with Crippen molar-refractivity contribution in [2.24, 2.45) is 0 Å². The predicted octanol–water partition coefficient (Wildman–Crippen LogP) is 8.80. The van der Waals surface area contributed by atoms with Crippen LogP contribution in [0.4, 0.5) is 0 Å². The largest absolute Gasteiger partial charge is 0.0916 e. The lowest BCUT2D eigenvalue weighted by molar-refractivity contribution is 0.527. The van der Waals surface area contributed by atoms with Gasteiger partial charge in [-0.1, -0.05) is 142 Å². The Labute approximate surface area is 157 Å². The van der Waals surface area contributed by atoms with E-state index in [4.69, 9.17) is 0 Å². The minimum atomic E-state index is 0.680. The lowest BCUT2D eigenvalue weighted by Crippen LogP contribution is -1.97. The van der Waals surface area contributed by atoms with E-state index in [9.17, 15) is 0 Å². The smallest absolute Gasteiger partial charge is 0.0242 e. The summed E-state index contributed by atoms with van der Waals surface area (Å²) in [6, 6.07) is 0. The second-order valence-electron chi connectivity index (χ2n) is 6.84. The quantitative estimate of drug-likeness (QED) is 0.148. The molecule has 0 aromatic carbocycles. The van der Waals surface area contributed by atoms with E-state index < -0.39 is 0 Å². The average Bonchev–Trinajstić information content (AvgIpc) is 2.54. The fourth-order valence-electron chi connectivity index (χ4n) is 2.99. The molecule has 0 heterocycles. The zero-order chi connectivity index (χ0) is 16.3. The predicted molar refractivity (Wildman–Crippen MR) is 111 cm³/mol. The van der Waals surface area contributed by atoms with Crippen LogP contribution in [-0.2, 0) is 0 Å². The maximum absolute atomic E-state index is 3.67. The minimum Gasteiger partial charge on any atom is -0.0916 e. The number of unbranched alkanes of at least 4 members (excludes halogenated alkanes) is 15. The normalized spacial score (nSPS) is 12.7. The van der Waals surface area contributed by atoms with E-state index in [2.05, 4.69) is 38.8 Å². The van der Waals surface area contributed by atoms with Crippen molar-refractivity contribution in [1.29, 1.82) is 0 Å². The Kier molecular flexibility index (Phi) is 20.9. The molecule has 0 saturated carbocycles. The van der Waals surface area contributed by atoms with Crippen molar-refractivity contribution in [2.75, 3.05) is 5.33 Å². The third kappa shape index (κ3) is 19.0. The molecule has 0 amide bonds. The lowest BCUT2D eigenvalue weighted by Gasteiger charge is -2.05. The molecule has 0 rings (SSSR count). The highest BCUT2D eigenvalue weighted by molar-refractivity contribution is 9.12. The van der Waals surface area contributed by atoms with Crippen LogP contribution in [0.25, 0.3) is 0 Å². The first-order valence-corrected chi connectivity index (χ1v) is 12.0. The van der Waals surface area contributed by atoms with Gasteiger partial charge in [-0.2, -0.15) is 0 Å². The highest BCUT2D eigenvalue weighted by Crippen LogP contribution is 2.16. The Morgan fingerprint density at radius 1 is 0.545 bits per heavy atom. The molecule has 0 nitrogen and oxygen atoms in total. The molecule has 0 aliphatic heterocycles. The van der Waals surface area contributed by atoms with Crippen molar-refractivity contribution < 1.29 is 0 Å². The molecule has 1 unspecified atom stereocenters. The first-order valence-electron chi connectivity index (χ1n) is 10.0. The molecule has 0 fully saturated rings. The van der Waals surface area contributed by atoms with E-state index in [0.717, 1.165) is 5.33 Å². The Morgan fingerprint density at radius 3 is 1.18 bits per heavy atom. The van der Waals surface area contributed by atoms with Crippen LogP contribution >= 0.6 is 31.9 Å². The maximum atomic E-state index is 3.67. The molecule has 0 N–H and O–H groups in total. The maximum Gasteiger partial charge on any atom is 0.0242 e. The zero-order valence-corrected chi connectivity index (χ0v) is 18.2. The van der Waals surface area contributed by atoms with E-state index in [0.29, 0.717) is 4.83 Å². The Bertz CT molecular complexity index is 194. The molecule has 0 aliphatic carbocycles. The third-order valence-corrected chi connectivity index (χ3v) is 6.97. The topological polar surface area (TPSA) is 0 Å². The van der Waals surface area contributed by atoms with Crippen LogP contribution in [0.3, 0.4) is 0 Å². The zero-order valence-electron chi connectivity index (χ0n) is 15.1. The molecule has 2 heteroatoms. The van der Waals surface area contributed by atoms with Crippen LogP contribution in [-0.4, -0.2) is 10.2 Å². The molecule has 0 radical (unpaired) electrons. The van der Waals surface area contributed by atoms with Gasteiger partial charge in [-0.05, 0) is 6.42 Å². The van der Waals surface area contributed by atoms with E-state index >= 15 is 0 Å². The van der Waals surface area contributed by atoms with Crippen LogP contribution in [0, 0.1) is 0 Å². The second-order valence-corrected chi connectivity index (χ2v) is 8.79. The first-order chi connectivity index (χ1) is 10.8. The summed E-state index contributed by atoms with van der Waals surface area (Å²) in [6.07, 6.45) is 24.6. The fraction of sp³-hybridized carbons (Fsp3) is 1.00. The van der Waals surface area contributed by atoms with Gasteiger partial charge in [0.2, 0.25) is 0 Å². The van der Waals surface area contributed by atoms with Crippen molar-refractivity contribution in [1.82, 2.24) is 0 Å². The van der Waals surface area contributed by atoms with Crippen LogP contribution in [0.1, 0.15) is 116 Å². The van der Waals surface area contributed by atoms with Crippen LogP contribution < -0.4 is 0 Å². The van der Waals surface area contributed by atoms with Crippen molar-refractivity contribution in [2.45, 2.75) is 121 Å². The van der Waals surface area contributed by atoms with Gasteiger partial charge in [-0.3, -0.25) is 0 Å². The molecular formula is C20H40Br2. The van der Waals surface area contributed by atoms with Crippen LogP contribution in [0.2, 0.25) is 0 Å². The van der Waals surface area contributed by atoms with Crippen LogP contribution in [0.15, 0.2) is 0 Å². The third-order valence-electron chi connectivity index (χ3n) is 4.54. The highest BCUT2D eigenvalue weighted by Gasteiger charge is 2.00.